The van der Waals surface area contributed by atoms with E-state index in [4.69, 9.17) is 0 Å². The topological polar surface area (TPSA) is 49.4 Å². The van der Waals surface area contributed by atoms with Crippen LogP contribution < -0.4 is 10.7 Å². The predicted molar refractivity (Wildman–Crippen MR) is 117 cm³/mol. The summed E-state index contributed by atoms with van der Waals surface area (Å²) in [5.74, 6) is 0.0897. The van der Waals surface area contributed by atoms with Gasteiger partial charge in [0.15, 0.2) is 5.43 Å². The van der Waals surface area contributed by atoms with Crippen molar-refractivity contribution < 1.29 is 9.18 Å². The zero-order valence-electron chi connectivity index (χ0n) is 16.3. The zero-order valence-corrected chi connectivity index (χ0v) is 17.1. The molecule has 0 radical (unpaired) electrons. The lowest BCUT2D eigenvalue weighted by Crippen LogP contribution is -2.39. The molecule has 2 aromatic carbocycles. The second-order valence-corrected chi connectivity index (χ2v) is 8.72. The molecule has 1 aliphatic heterocycles. The molecule has 29 heavy (non-hydrogen) atoms. The quantitative estimate of drug-likeness (QED) is 0.676. The molecule has 1 amide bonds. The number of carbonyl (C=O) groups is 1. The first-order chi connectivity index (χ1) is 14.0. The van der Waals surface area contributed by atoms with Crippen LogP contribution in [0, 0.1) is 11.7 Å². The van der Waals surface area contributed by atoms with Crippen LogP contribution in [0.4, 0.5) is 9.39 Å². The Morgan fingerprint density at radius 2 is 1.97 bits per heavy atom. The van der Waals surface area contributed by atoms with Gasteiger partial charge in [-0.1, -0.05) is 31.2 Å². The van der Waals surface area contributed by atoms with Gasteiger partial charge in [0.1, 0.15) is 10.8 Å². The van der Waals surface area contributed by atoms with Crippen molar-refractivity contribution >= 4 is 32.3 Å². The van der Waals surface area contributed by atoms with Crippen molar-refractivity contribution in [1.82, 2.24) is 4.90 Å². The summed E-state index contributed by atoms with van der Waals surface area (Å²) in [4.78, 5) is 28.1. The fourth-order valence-corrected chi connectivity index (χ4v) is 5.02. The lowest BCUT2D eigenvalue weighted by atomic mass is 10.0. The molecule has 1 atom stereocenters. The van der Waals surface area contributed by atoms with Crippen molar-refractivity contribution in [1.29, 1.82) is 0 Å². The summed E-state index contributed by atoms with van der Waals surface area (Å²) < 4.78 is 14.2. The zero-order chi connectivity index (χ0) is 20.4. The van der Waals surface area contributed by atoms with Gasteiger partial charge in [-0.2, -0.15) is 0 Å². The predicted octanol–water partition coefficient (Wildman–Crippen LogP) is 4.74. The fraction of sp³-hybridized carbons (Fsp3) is 0.304. The van der Waals surface area contributed by atoms with Gasteiger partial charge in [0, 0.05) is 16.6 Å². The van der Waals surface area contributed by atoms with Crippen molar-refractivity contribution in [2.75, 3.05) is 25.0 Å². The average Bonchev–Trinajstić information content (AvgIpc) is 2.69. The molecule has 0 bridgehead atoms. The van der Waals surface area contributed by atoms with E-state index in [1.165, 1.54) is 29.9 Å². The molecule has 3 aromatic rings. The first kappa shape index (κ1) is 19.7. The molecular weight excluding hydrogens is 387 g/mol. The van der Waals surface area contributed by atoms with E-state index < -0.39 is 0 Å². The Morgan fingerprint density at radius 1 is 1.21 bits per heavy atom. The number of fused-ring (bicyclic) bond motifs is 1. The highest BCUT2D eigenvalue weighted by molar-refractivity contribution is 7.22. The van der Waals surface area contributed by atoms with Crippen molar-refractivity contribution in [3.63, 3.8) is 0 Å². The maximum Gasteiger partial charge on any atom is 0.239 e. The number of likely N-dealkylation sites (tertiary alicyclic amines) is 1. The Balaban J connectivity index is 1.70. The number of anilines is 1. The van der Waals surface area contributed by atoms with Crippen molar-refractivity contribution in [2.24, 2.45) is 5.92 Å². The van der Waals surface area contributed by atoms with Gasteiger partial charge in [-0.15, -0.1) is 11.3 Å². The van der Waals surface area contributed by atoms with Crippen LogP contribution in [-0.4, -0.2) is 30.4 Å². The van der Waals surface area contributed by atoms with E-state index in [0.29, 0.717) is 34.0 Å². The molecule has 0 saturated carbocycles. The van der Waals surface area contributed by atoms with E-state index in [2.05, 4.69) is 17.1 Å². The summed E-state index contributed by atoms with van der Waals surface area (Å²) in [6.45, 7) is 4.33. The number of benzene rings is 2. The van der Waals surface area contributed by atoms with E-state index >= 15 is 0 Å². The van der Waals surface area contributed by atoms with E-state index in [0.717, 1.165) is 24.2 Å². The third-order valence-corrected chi connectivity index (χ3v) is 6.38. The van der Waals surface area contributed by atoms with Gasteiger partial charge in [-0.25, -0.2) is 4.39 Å². The van der Waals surface area contributed by atoms with E-state index in [9.17, 15) is 14.0 Å². The largest absolute Gasteiger partial charge is 0.316 e. The number of hydrogen-bond acceptors (Lipinski definition) is 4. The Kier molecular flexibility index (Phi) is 5.74. The number of rotatable bonds is 4. The average molecular weight is 411 g/mol. The summed E-state index contributed by atoms with van der Waals surface area (Å²) in [6.07, 6.45) is 2.29. The molecule has 6 heteroatoms. The van der Waals surface area contributed by atoms with Crippen LogP contribution in [0.1, 0.15) is 19.8 Å². The standard InChI is InChI=1S/C23H23FN2O2S/c1-15-5-4-12-26(13-15)14-20(27)25-23-21(16-8-10-17(24)11-9-16)22(28)18-6-2-3-7-19(18)29-23/h2-3,6-11,15H,4-5,12-14H2,1H3,(H,25,27)/t15-/m1/s1. The van der Waals surface area contributed by atoms with Crippen LogP contribution in [0.5, 0.6) is 0 Å². The van der Waals surface area contributed by atoms with E-state index in [-0.39, 0.29) is 17.2 Å². The Bertz CT molecular complexity index is 1090. The number of amides is 1. The molecule has 150 valence electrons. The summed E-state index contributed by atoms with van der Waals surface area (Å²) >= 11 is 1.37. The monoisotopic (exact) mass is 410 g/mol. The van der Waals surface area contributed by atoms with Gasteiger partial charge in [0.25, 0.3) is 0 Å². The van der Waals surface area contributed by atoms with Crippen LogP contribution >= 0.6 is 11.3 Å². The number of nitrogens with one attached hydrogen (secondary N) is 1. The lowest BCUT2D eigenvalue weighted by molar-refractivity contribution is -0.117. The summed E-state index contributed by atoms with van der Waals surface area (Å²) in [7, 11) is 0. The van der Waals surface area contributed by atoms with Gasteiger partial charge in [-0.3, -0.25) is 14.5 Å². The molecule has 0 aliphatic carbocycles. The molecule has 1 saturated heterocycles. The Hall–Kier alpha value is -2.57. The normalized spacial score (nSPS) is 17.4. The van der Waals surface area contributed by atoms with Crippen LogP contribution in [0.25, 0.3) is 21.2 Å². The van der Waals surface area contributed by atoms with Crippen LogP contribution in [0.3, 0.4) is 0 Å². The molecule has 0 unspecified atom stereocenters. The number of hydrogen-bond donors (Lipinski definition) is 1. The number of nitrogens with zero attached hydrogens (tertiary/aromatic N) is 1. The minimum absolute atomic E-state index is 0.131. The molecule has 4 nitrogen and oxygen atoms in total. The molecule has 1 N–H and O–H groups in total. The summed E-state index contributed by atoms with van der Waals surface area (Å²) in [5.41, 5.74) is 0.849. The van der Waals surface area contributed by atoms with Gasteiger partial charge >= 0.3 is 0 Å². The second-order valence-electron chi connectivity index (χ2n) is 7.67. The lowest BCUT2D eigenvalue weighted by Gasteiger charge is -2.30. The summed E-state index contributed by atoms with van der Waals surface area (Å²) in [6, 6.07) is 13.2. The SMILES string of the molecule is C[C@@H]1CCCN(CC(=O)Nc2sc3ccccc3c(=O)c2-c2ccc(F)cc2)C1. The van der Waals surface area contributed by atoms with Crippen LogP contribution in [0.2, 0.25) is 0 Å². The number of halogens is 1. The molecule has 4 rings (SSSR count). The number of piperidine rings is 1. The molecule has 1 fully saturated rings. The fourth-order valence-electron chi connectivity index (χ4n) is 3.91. The first-order valence-electron chi connectivity index (χ1n) is 9.85. The molecule has 1 aromatic heterocycles. The highest BCUT2D eigenvalue weighted by atomic mass is 32.1. The molecule has 0 spiro atoms. The molecular formula is C23H23FN2O2S. The first-order valence-corrected chi connectivity index (χ1v) is 10.7. The third kappa shape index (κ3) is 4.38. The Labute approximate surface area is 173 Å². The maximum absolute atomic E-state index is 13.4. The Morgan fingerprint density at radius 3 is 2.72 bits per heavy atom. The highest BCUT2D eigenvalue weighted by Crippen LogP contribution is 2.33. The van der Waals surface area contributed by atoms with E-state index in [1.54, 1.807) is 18.2 Å². The van der Waals surface area contributed by atoms with Gasteiger partial charge in [0.2, 0.25) is 5.91 Å². The van der Waals surface area contributed by atoms with Crippen molar-refractivity contribution in [3.05, 3.63) is 64.6 Å². The highest BCUT2D eigenvalue weighted by Gasteiger charge is 2.21. The molecule has 1 aliphatic rings. The second kappa shape index (κ2) is 8.43. The van der Waals surface area contributed by atoms with Crippen LogP contribution in [-0.2, 0) is 4.79 Å². The summed E-state index contributed by atoms with van der Waals surface area (Å²) in [5, 5.41) is 4.07. The van der Waals surface area contributed by atoms with Crippen LogP contribution in [0.15, 0.2) is 53.3 Å². The smallest absolute Gasteiger partial charge is 0.239 e. The van der Waals surface area contributed by atoms with Crippen molar-refractivity contribution in [3.8, 4) is 11.1 Å². The minimum Gasteiger partial charge on any atom is -0.316 e. The number of carbonyl (C=O) groups excluding carboxylic acids is 1. The van der Waals surface area contributed by atoms with Gasteiger partial charge in [0.05, 0.1) is 12.1 Å². The maximum atomic E-state index is 13.4. The van der Waals surface area contributed by atoms with Crippen molar-refractivity contribution in [2.45, 2.75) is 19.8 Å². The minimum atomic E-state index is -0.365. The van der Waals surface area contributed by atoms with E-state index in [1.807, 2.05) is 18.2 Å². The third-order valence-electron chi connectivity index (χ3n) is 5.29. The molecule has 2 heterocycles. The van der Waals surface area contributed by atoms with Gasteiger partial charge in [-0.05, 0) is 55.1 Å². The van der Waals surface area contributed by atoms with Gasteiger partial charge < -0.3 is 5.32 Å².